The third kappa shape index (κ3) is 4.41. The fourth-order valence-corrected chi connectivity index (χ4v) is 2.13. The third-order valence-electron chi connectivity index (χ3n) is 3.10. The van der Waals surface area contributed by atoms with Crippen molar-refractivity contribution in [3.05, 3.63) is 34.3 Å². The van der Waals surface area contributed by atoms with Crippen LogP contribution in [0.5, 0.6) is 0 Å². The minimum Gasteiger partial charge on any atom is -0.372 e. The number of nitrogens with one attached hydrogen (secondary N) is 1. The average molecular weight is 298 g/mol. The Bertz CT molecular complexity index is 352. The second-order valence-electron chi connectivity index (χ2n) is 4.62. The average Bonchev–Trinajstić information content (AvgIpc) is 3.15. The van der Waals surface area contributed by atoms with Crippen molar-refractivity contribution < 1.29 is 4.74 Å². The summed E-state index contributed by atoms with van der Waals surface area (Å²) in [5, 5.41) is 3.52. The summed E-state index contributed by atoms with van der Waals surface area (Å²) in [6.45, 7) is 3.84. The van der Waals surface area contributed by atoms with Crippen LogP contribution in [0.25, 0.3) is 0 Å². The van der Waals surface area contributed by atoms with Crippen molar-refractivity contribution in [1.29, 1.82) is 0 Å². The molecule has 94 valence electrons. The molecule has 1 saturated carbocycles. The molecule has 1 aromatic rings. The second kappa shape index (κ2) is 6.53. The zero-order valence-electron chi connectivity index (χ0n) is 10.3. The lowest BCUT2D eigenvalue weighted by Gasteiger charge is -2.17. The first-order valence-corrected chi connectivity index (χ1v) is 7.17. The second-order valence-corrected chi connectivity index (χ2v) is 5.47. The summed E-state index contributed by atoms with van der Waals surface area (Å²) in [7, 11) is 0. The van der Waals surface area contributed by atoms with Crippen LogP contribution in [0.3, 0.4) is 0 Å². The predicted molar refractivity (Wildman–Crippen MR) is 74.0 cm³/mol. The molecular formula is C14H20BrNO. The van der Waals surface area contributed by atoms with E-state index in [-0.39, 0.29) is 0 Å². The third-order valence-corrected chi connectivity index (χ3v) is 3.87. The lowest BCUT2D eigenvalue weighted by Crippen LogP contribution is -2.30. The van der Waals surface area contributed by atoms with Gasteiger partial charge in [0.05, 0.1) is 12.7 Å². The molecule has 3 heteroatoms. The van der Waals surface area contributed by atoms with Crippen molar-refractivity contribution in [3.63, 3.8) is 0 Å². The van der Waals surface area contributed by atoms with E-state index >= 15 is 0 Å². The summed E-state index contributed by atoms with van der Waals surface area (Å²) in [6, 6.07) is 9.00. The summed E-state index contributed by atoms with van der Waals surface area (Å²) in [6.07, 6.45) is 4.05. The Morgan fingerprint density at radius 3 is 2.82 bits per heavy atom. The van der Waals surface area contributed by atoms with Gasteiger partial charge in [0, 0.05) is 17.1 Å². The molecular weight excluding hydrogens is 278 g/mol. The first kappa shape index (κ1) is 13.1. The van der Waals surface area contributed by atoms with E-state index in [4.69, 9.17) is 4.74 Å². The molecule has 0 saturated heterocycles. The Labute approximate surface area is 112 Å². The lowest BCUT2D eigenvalue weighted by molar-refractivity contribution is 0.0379. The maximum absolute atomic E-state index is 5.94. The maximum Gasteiger partial charge on any atom is 0.0732 e. The summed E-state index contributed by atoms with van der Waals surface area (Å²) < 4.78 is 7.07. The monoisotopic (exact) mass is 297 g/mol. The molecule has 1 fully saturated rings. The number of rotatable bonds is 7. The molecule has 1 atom stereocenters. The van der Waals surface area contributed by atoms with Gasteiger partial charge in [-0.2, -0.15) is 0 Å². The van der Waals surface area contributed by atoms with Crippen LogP contribution in [0.1, 0.15) is 31.7 Å². The summed E-state index contributed by atoms with van der Waals surface area (Å²) in [5.41, 5.74) is 1.22. The van der Waals surface area contributed by atoms with E-state index in [0.717, 1.165) is 23.5 Å². The fourth-order valence-electron chi connectivity index (χ4n) is 1.73. The van der Waals surface area contributed by atoms with E-state index < -0.39 is 0 Å². The van der Waals surface area contributed by atoms with Crippen LogP contribution >= 0.6 is 15.9 Å². The predicted octanol–water partition coefficient (Wildman–Crippen LogP) is 3.50. The molecule has 1 unspecified atom stereocenters. The van der Waals surface area contributed by atoms with Crippen LogP contribution in [0.15, 0.2) is 28.7 Å². The van der Waals surface area contributed by atoms with E-state index in [0.29, 0.717) is 12.7 Å². The molecule has 2 nitrogen and oxygen atoms in total. The molecule has 1 aliphatic carbocycles. The molecule has 0 bridgehead atoms. The minimum absolute atomic E-state index is 0.322. The van der Waals surface area contributed by atoms with Gasteiger partial charge in [-0.05, 0) is 30.9 Å². The molecule has 1 N–H and O–H groups in total. The first-order chi connectivity index (χ1) is 8.29. The molecule has 1 aromatic carbocycles. The topological polar surface area (TPSA) is 21.3 Å². The Morgan fingerprint density at radius 1 is 1.41 bits per heavy atom. The van der Waals surface area contributed by atoms with E-state index in [9.17, 15) is 0 Å². The van der Waals surface area contributed by atoms with Crippen LogP contribution in [0, 0.1) is 0 Å². The highest BCUT2D eigenvalue weighted by atomic mass is 79.9. The molecule has 17 heavy (non-hydrogen) atoms. The van der Waals surface area contributed by atoms with Gasteiger partial charge in [-0.15, -0.1) is 0 Å². The number of hydrogen-bond acceptors (Lipinski definition) is 2. The Morgan fingerprint density at radius 2 is 2.18 bits per heavy atom. The van der Waals surface area contributed by atoms with Gasteiger partial charge in [0.2, 0.25) is 0 Å². The molecule has 0 heterocycles. The molecule has 0 radical (unpaired) electrons. The zero-order chi connectivity index (χ0) is 12.1. The number of hydrogen-bond donors (Lipinski definition) is 1. The largest absolute Gasteiger partial charge is 0.372 e. The van der Waals surface area contributed by atoms with Crippen molar-refractivity contribution in [2.24, 2.45) is 0 Å². The molecule has 0 aromatic heterocycles. The fraction of sp³-hybridized carbons (Fsp3) is 0.571. The molecule has 2 rings (SSSR count). The molecule has 0 spiro atoms. The van der Waals surface area contributed by atoms with E-state index in [2.05, 4.69) is 40.3 Å². The van der Waals surface area contributed by atoms with Crippen molar-refractivity contribution in [2.75, 3.05) is 6.54 Å². The number of halogens is 1. The van der Waals surface area contributed by atoms with Gasteiger partial charge in [-0.3, -0.25) is 0 Å². The molecule has 0 amide bonds. The van der Waals surface area contributed by atoms with Gasteiger partial charge in [-0.25, -0.2) is 0 Å². The van der Waals surface area contributed by atoms with Crippen molar-refractivity contribution >= 4 is 15.9 Å². The Balaban J connectivity index is 1.76. The van der Waals surface area contributed by atoms with E-state index in [1.165, 1.54) is 18.4 Å². The van der Waals surface area contributed by atoms with Gasteiger partial charge in [0.1, 0.15) is 0 Å². The normalized spacial score (nSPS) is 17.1. The van der Waals surface area contributed by atoms with Crippen LogP contribution in [-0.4, -0.2) is 18.7 Å². The molecule has 0 aliphatic heterocycles. The first-order valence-electron chi connectivity index (χ1n) is 6.38. The maximum atomic E-state index is 5.94. The summed E-state index contributed by atoms with van der Waals surface area (Å²) in [5.74, 6) is 0. The highest BCUT2D eigenvalue weighted by Gasteiger charge is 2.21. The van der Waals surface area contributed by atoms with Gasteiger partial charge in [0.15, 0.2) is 0 Å². The van der Waals surface area contributed by atoms with Gasteiger partial charge in [-0.1, -0.05) is 41.1 Å². The van der Waals surface area contributed by atoms with Crippen LogP contribution in [-0.2, 0) is 11.3 Å². The van der Waals surface area contributed by atoms with Crippen molar-refractivity contribution in [1.82, 2.24) is 5.32 Å². The van der Waals surface area contributed by atoms with Crippen molar-refractivity contribution in [3.8, 4) is 0 Å². The van der Waals surface area contributed by atoms with Gasteiger partial charge >= 0.3 is 0 Å². The van der Waals surface area contributed by atoms with Crippen molar-refractivity contribution in [2.45, 2.75) is 44.9 Å². The van der Waals surface area contributed by atoms with Gasteiger partial charge < -0.3 is 10.1 Å². The summed E-state index contributed by atoms with van der Waals surface area (Å²) in [4.78, 5) is 0. The molecule has 1 aliphatic rings. The van der Waals surface area contributed by atoms with Crippen LogP contribution in [0.4, 0.5) is 0 Å². The highest BCUT2D eigenvalue weighted by Crippen LogP contribution is 2.20. The van der Waals surface area contributed by atoms with Gasteiger partial charge in [0.25, 0.3) is 0 Å². The standard InChI is InChI=1S/C14H20BrNO/c1-2-13(9-16-12-7-8-12)17-10-11-5-3-4-6-14(11)15/h3-6,12-13,16H,2,7-10H2,1H3. The smallest absolute Gasteiger partial charge is 0.0732 e. The SMILES string of the molecule is CCC(CNC1CC1)OCc1ccccc1Br. The lowest BCUT2D eigenvalue weighted by atomic mass is 10.2. The number of benzene rings is 1. The Hall–Kier alpha value is -0.380. The van der Waals surface area contributed by atoms with E-state index in [1.54, 1.807) is 0 Å². The minimum atomic E-state index is 0.322. The quantitative estimate of drug-likeness (QED) is 0.832. The Kier molecular flexibility index (Phi) is 5.01. The summed E-state index contributed by atoms with van der Waals surface area (Å²) >= 11 is 3.54. The highest BCUT2D eigenvalue weighted by molar-refractivity contribution is 9.10. The van der Waals surface area contributed by atoms with Crippen LogP contribution in [0.2, 0.25) is 0 Å². The van der Waals surface area contributed by atoms with Crippen LogP contribution < -0.4 is 5.32 Å². The zero-order valence-corrected chi connectivity index (χ0v) is 11.9. The van der Waals surface area contributed by atoms with E-state index in [1.807, 2.05) is 12.1 Å². The number of ether oxygens (including phenoxy) is 1.